The van der Waals surface area contributed by atoms with E-state index in [1.807, 2.05) is 6.07 Å². The van der Waals surface area contributed by atoms with Crippen molar-refractivity contribution in [2.75, 3.05) is 12.4 Å². The van der Waals surface area contributed by atoms with Crippen LogP contribution in [0.5, 0.6) is 5.75 Å². The molecule has 0 amide bonds. The van der Waals surface area contributed by atoms with Gasteiger partial charge in [-0.25, -0.2) is 4.39 Å². The molecule has 104 valence electrons. The SMILES string of the molecule is COc1cc(NCc2cccnc2)c(F)cc1[N+](=O)[O-]. The normalized spacial score (nSPS) is 10.1. The van der Waals surface area contributed by atoms with E-state index in [1.54, 1.807) is 18.5 Å². The number of nitro benzene ring substituents is 1. The summed E-state index contributed by atoms with van der Waals surface area (Å²) < 4.78 is 18.7. The third kappa shape index (κ3) is 3.00. The first-order valence-electron chi connectivity index (χ1n) is 5.76. The van der Waals surface area contributed by atoms with E-state index in [-0.39, 0.29) is 11.4 Å². The van der Waals surface area contributed by atoms with E-state index in [2.05, 4.69) is 10.3 Å². The van der Waals surface area contributed by atoms with Crippen LogP contribution in [-0.2, 0) is 6.54 Å². The molecule has 0 bridgehead atoms. The number of hydrogen-bond donors (Lipinski definition) is 1. The van der Waals surface area contributed by atoms with Crippen molar-refractivity contribution in [3.8, 4) is 5.75 Å². The van der Waals surface area contributed by atoms with Gasteiger partial charge < -0.3 is 10.1 Å². The maximum absolute atomic E-state index is 13.8. The zero-order valence-corrected chi connectivity index (χ0v) is 10.7. The van der Waals surface area contributed by atoms with Crippen molar-refractivity contribution in [3.63, 3.8) is 0 Å². The number of rotatable bonds is 5. The minimum Gasteiger partial charge on any atom is -0.490 e. The van der Waals surface area contributed by atoms with Crippen molar-refractivity contribution in [2.24, 2.45) is 0 Å². The highest BCUT2D eigenvalue weighted by Crippen LogP contribution is 2.32. The molecule has 0 unspecified atom stereocenters. The molecule has 0 aliphatic rings. The van der Waals surface area contributed by atoms with Crippen LogP contribution in [0.15, 0.2) is 36.7 Å². The van der Waals surface area contributed by atoms with E-state index < -0.39 is 16.4 Å². The maximum Gasteiger partial charge on any atom is 0.313 e. The number of nitrogens with one attached hydrogen (secondary N) is 1. The van der Waals surface area contributed by atoms with Gasteiger partial charge in [0.15, 0.2) is 11.6 Å². The molecule has 0 fully saturated rings. The summed E-state index contributed by atoms with van der Waals surface area (Å²) in [7, 11) is 1.30. The van der Waals surface area contributed by atoms with E-state index in [4.69, 9.17) is 4.74 Å². The van der Waals surface area contributed by atoms with Gasteiger partial charge in [0.25, 0.3) is 0 Å². The number of nitro groups is 1. The first-order valence-corrected chi connectivity index (χ1v) is 5.76. The zero-order chi connectivity index (χ0) is 14.5. The summed E-state index contributed by atoms with van der Waals surface area (Å²) in [6, 6.07) is 5.71. The summed E-state index contributed by atoms with van der Waals surface area (Å²) in [6.45, 7) is 0.353. The molecule has 0 atom stereocenters. The van der Waals surface area contributed by atoms with Gasteiger partial charge in [-0.05, 0) is 11.6 Å². The Hall–Kier alpha value is -2.70. The fourth-order valence-electron chi connectivity index (χ4n) is 1.68. The fourth-order valence-corrected chi connectivity index (χ4v) is 1.68. The van der Waals surface area contributed by atoms with Gasteiger partial charge in [0.2, 0.25) is 0 Å². The molecular weight excluding hydrogens is 265 g/mol. The number of aromatic nitrogens is 1. The number of hydrogen-bond acceptors (Lipinski definition) is 5. The lowest BCUT2D eigenvalue weighted by Crippen LogP contribution is -2.03. The van der Waals surface area contributed by atoms with E-state index in [0.29, 0.717) is 6.54 Å². The molecular formula is C13H12FN3O3. The summed E-state index contributed by atoms with van der Waals surface area (Å²) in [6.07, 6.45) is 3.28. The number of pyridine rings is 1. The predicted octanol–water partition coefficient (Wildman–Crippen LogP) is 2.75. The number of anilines is 1. The van der Waals surface area contributed by atoms with Crippen molar-refractivity contribution in [1.82, 2.24) is 4.98 Å². The van der Waals surface area contributed by atoms with Crippen molar-refractivity contribution >= 4 is 11.4 Å². The van der Waals surface area contributed by atoms with Crippen LogP contribution in [-0.4, -0.2) is 17.0 Å². The van der Waals surface area contributed by atoms with Gasteiger partial charge in [0.05, 0.1) is 23.8 Å². The van der Waals surface area contributed by atoms with Crippen LogP contribution in [0.2, 0.25) is 0 Å². The standard InChI is InChI=1S/C13H12FN3O3/c1-20-13-6-11(10(14)5-12(13)17(18)19)16-8-9-3-2-4-15-7-9/h2-7,16H,8H2,1H3. The van der Waals surface area contributed by atoms with Gasteiger partial charge in [-0.1, -0.05) is 6.07 Å². The van der Waals surface area contributed by atoms with E-state index in [9.17, 15) is 14.5 Å². The average Bonchev–Trinajstić information content (AvgIpc) is 2.46. The molecule has 1 N–H and O–H groups in total. The average molecular weight is 277 g/mol. The summed E-state index contributed by atoms with van der Waals surface area (Å²) in [5.74, 6) is -0.702. The highest BCUT2D eigenvalue weighted by Gasteiger charge is 2.19. The molecule has 0 radical (unpaired) electrons. The number of nitrogens with zero attached hydrogens (tertiary/aromatic N) is 2. The molecule has 6 nitrogen and oxygen atoms in total. The second-order valence-corrected chi connectivity index (χ2v) is 3.98. The highest BCUT2D eigenvalue weighted by atomic mass is 19.1. The second kappa shape index (κ2) is 5.96. The lowest BCUT2D eigenvalue weighted by atomic mass is 10.2. The Kier molecular flexibility index (Phi) is 4.09. The maximum atomic E-state index is 13.8. The summed E-state index contributed by atoms with van der Waals surface area (Å²) in [5.41, 5.74) is 0.595. The van der Waals surface area contributed by atoms with Crippen LogP contribution in [0.25, 0.3) is 0 Å². The van der Waals surface area contributed by atoms with Crippen molar-refractivity contribution in [2.45, 2.75) is 6.54 Å². The lowest BCUT2D eigenvalue weighted by Gasteiger charge is -2.09. The van der Waals surface area contributed by atoms with E-state index in [1.165, 1.54) is 13.2 Å². The zero-order valence-electron chi connectivity index (χ0n) is 10.7. The minimum atomic E-state index is -0.707. The molecule has 0 spiro atoms. The summed E-state index contributed by atoms with van der Waals surface area (Å²) >= 11 is 0. The third-order valence-corrected chi connectivity index (χ3v) is 2.67. The predicted molar refractivity (Wildman–Crippen MR) is 71.2 cm³/mol. The molecule has 2 aromatic rings. The Labute approximate surface area is 114 Å². The first-order chi connectivity index (χ1) is 9.61. The largest absolute Gasteiger partial charge is 0.490 e. The molecule has 0 aliphatic heterocycles. The van der Waals surface area contributed by atoms with Gasteiger partial charge in [-0.2, -0.15) is 0 Å². The quantitative estimate of drug-likeness (QED) is 0.671. The second-order valence-electron chi connectivity index (χ2n) is 3.98. The number of halogens is 1. The first kappa shape index (κ1) is 13.7. The Morgan fingerprint density at radius 1 is 1.50 bits per heavy atom. The van der Waals surface area contributed by atoms with Crippen LogP contribution >= 0.6 is 0 Å². The molecule has 1 aromatic carbocycles. The van der Waals surface area contributed by atoms with Gasteiger partial charge >= 0.3 is 5.69 Å². The Balaban J connectivity index is 2.22. The molecule has 20 heavy (non-hydrogen) atoms. The topological polar surface area (TPSA) is 77.3 Å². The molecule has 2 rings (SSSR count). The summed E-state index contributed by atoms with van der Waals surface area (Å²) in [5, 5.41) is 13.6. The van der Waals surface area contributed by atoms with E-state index in [0.717, 1.165) is 11.6 Å². The lowest BCUT2D eigenvalue weighted by molar-refractivity contribution is -0.385. The van der Waals surface area contributed by atoms with Crippen LogP contribution in [0.3, 0.4) is 0 Å². The third-order valence-electron chi connectivity index (χ3n) is 2.67. The molecule has 7 heteroatoms. The summed E-state index contributed by atoms with van der Waals surface area (Å²) in [4.78, 5) is 14.0. The Bertz CT molecular complexity index is 620. The van der Waals surface area contributed by atoms with Crippen molar-refractivity contribution in [3.05, 3.63) is 58.2 Å². The molecule has 0 saturated carbocycles. The van der Waals surface area contributed by atoms with Gasteiger partial charge in [-0.3, -0.25) is 15.1 Å². The van der Waals surface area contributed by atoms with Crippen molar-refractivity contribution in [1.29, 1.82) is 0 Å². The molecule has 1 heterocycles. The number of benzene rings is 1. The van der Waals surface area contributed by atoms with E-state index >= 15 is 0 Å². The fraction of sp³-hybridized carbons (Fsp3) is 0.154. The van der Waals surface area contributed by atoms with Gasteiger partial charge in [0, 0.05) is 25.0 Å². The van der Waals surface area contributed by atoms with Crippen molar-refractivity contribution < 1.29 is 14.1 Å². The number of methoxy groups -OCH3 is 1. The minimum absolute atomic E-state index is 0.00471. The van der Waals surface area contributed by atoms with Gasteiger partial charge in [-0.15, -0.1) is 0 Å². The van der Waals surface area contributed by atoms with Crippen LogP contribution < -0.4 is 10.1 Å². The Morgan fingerprint density at radius 3 is 2.90 bits per heavy atom. The van der Waals surface area contributed by atoms with Gasteiger partial charge in [0.1, 0.15) is 0 Å². The Morgan fingerprint density at radius 2 is 2.30 bits per heavy atom. The monoisotopic (exact) mass is 277 g/mol. The molecule has 0 saturated heterocycles. The smallest absolute Gasteiger partial charge is 0.313 e. The van der Waals surface area contributed by atoms with Crippen LogP contribution in [0, 0.1) is 15.9 Å². The highest BCUT2D eigenvalue weighted by molar-refractivity contribution is 5.59. The number of ether oxygens (including phenoxy) is 1. The van der Waals surface area contributed by atoms with Crippen LogP contribution in [0.4, 0.5) is 15.8 Å². The molecule has 1 aromatic heterocycles. The molecule has 0 aliphatic carbocycles. The van der Waals surface area contributed by atoms with Crippen LogP contribution in [0.1, 0.15) is 5.56 Å².